The molecule has 0 aliphatic rings. The Morgan fingerprint density at radius 2 is 2.33 bits per heavy atom. The molecular formula is C4H9KSe. The van der Waals surface area contributed by atoms with Gasteiger partial charge in [-0.2, -0.15) is 0 Å². The van der Waals surface area contributed by atoms with E-state index >= 15 is 0 Å². The Labute approximate surface area is 74.3 Å². The van der Waals surface area contributed by atoms with Crippen LogP contribution in [0.5, 0.6) is 0 Å². The third kappa shape index (κ3) is 6.16. The van der Waals surface area contributed by atoms with Crippen LogP contribution in [0.25, 0.3) is 0 Å². The van der Waals surface area contributed by atoms with Crippen molar-refractivity contribution in [1.82, 2.24) is 0 Å². The maximum atomic E-state index is 2.26. The molecule has 0 aliphatic carbocycles. The van der Waals surface area contributed by atoms with Crippen LogP contribution in [0, 0.1) is 0 Å². The fourth-order valence-electron chi connectivity index (χ4n) is 0.289. The summed E-state index contributed by atoms with van der Waals surface area (Å²) < 4.78 is 0. The Balaban J connectivity index is 2.34. The zero-order valence-corrected chi connectivity index (χ0v) is 9.37. The molecule has 0 radical (unpaired) electrons. The van der Waals surface area contributed by atoms with E-state index in [0.29, 0.717) is 0 Å². The second-order valence-corrected chi connectivity index (χ2v) is 8.10. The van der Waals surface area contributed by atoms with Gasteiger partial charge in [0.15, 0.2) is 0 Å². The fraction of sp³-hybridized carbons (Fsp3) is 1.00. The Bertz CT molecular complexity index is 19.5. The molecule has 0 saturated heterocycles. The van der Waals surface area contributed by atoms with Crippen LogP contribution in [-0.4, -0.2) is 51.0 Å². The number of hydrogen-bond acceptors (Lipinski definition) is 0. The first kappa shape index (κ1) is 8.16. The molecule has 0 spiro atoms. The first-order valence-corrected chi connectivity index (χ1v) is 12.0. The molecule has 0 aromatic carbocycles. The molecule has 0 heterocycles. The van der Waals surface area contributed by atoms with Crippen LogP contribution < -0.4 is 0 Å². The molecule has 0 fully saturated rings. The van der Waals surface area contributed by atoms with Crippen LogP contribution in [0.1, 0.15) is 19.8 Å². The monoisotopic (exact) mass is 176 g/mol. The van der Waals surface area contributed by atoms with Crippen molar-refractivity contribution < 1.29 is 0 Å². The molecule has 0 atom stereocenters. The molecule has 32 valence electrons. The Hall–Kier alpha value is 2.16. The summed E-state index contributed by atoms with van der Waals surface area (Å²) in [5, 5.41) is 1.56. The average molecular weight is 175 g/mol. The first-order valence-electron chi connectivity index (χ1n) is 2.40. The van der Waals surface area contributed by atoms with Crippen molar-refractivity contribution >= 4 is 51.0 Å². The summed E-state index contributed by atoms with van der Waals surface area (Å²) in [7, 11) is 0. The van der Waals surface area contributed by atoms with Gasteiger partial charge in [-0.25, -0.2) is 0 Å². The molecule has 2 heteroatoms. The summed E-state index contributed by atoms with van der Waals surface area (Å²) in [6.07, 6.45) is 2.89. The average Bonchev–Trinajstić information content (AvgIpc) is 1.61. The van der Waals surface area contributed by atoms with Crippen LogP contribution in [-0.2, 0) is 0 Å². The fourth-order valence-corrected chi connectivity index (χ4v) is 3.84. The van der Waals surface area contributed by atoms with Crippen molar-refractivity contribution in [2.45, 2.75) is 25.1 Å². The molecule has 0 aromatic rings. The molecular weight excluding hydrogens is 166 g/mol. The minimum atomic E-state index is 1.11. The topological polar surface area (TPSA) is 0 Å². The molecule has 0 unspecified atom stereocenters. The van der Waals surface area contributed by atoms with Gasteiger partial charge in [-0.05, 0) is 0 Å². The summed E-state index contributed by atoms with van der Waals surface area (Å²) >= 11 is 1.18. The van der Waals surface area contributed by atoms with Crippen molar-refractivity contribution in [2.24, 2.45) is 0 Å². The van der Waals surface area contributed by atoms with E-state index in [1.165, 1.54) is 58.2 Å². The molecule has 0 saturated carbocycles. The van der Waals surface area contributed by atoms with Gasteiger partial charge in [-0.1, -0.05) is 0 Å². The van der Waals surface area contributed by atoms with Crippen molar-refractivity contribution in [2.75, 3.05) is 0 Å². The molecule has 0 aliphatic heterocycles. The van der Waals surface area contributed by atoms with Gasteiger partial charge in [0.1, 0.15) is 0 Å². The van der Waals surface area contributed by atoms with Crippen molar-refractivity contribution in [3.8, 4) is 0 Å². The van der Waals surface area contributed by atoms with Crippen LogP contribution >= 0.6 is 0 Å². The first-order chi connectivity index (χ1) is 2.91. The summed E-state index contributed by atoms with van der Waals surface area (Å²) in [4.78, 5) is 0. The second kappa shape index (κ2) is 7.16. The maximum absolute atomic E-state index is 2.26. The molecule has 0 nitrogen and oxygen atoms in total. The standard InChI is InChI=1S/C4H10Se.K/c1-2-3-4-5;/h5H,2-4H2,1H3;/q;+1/p-1. The quantitative estimate of drug-likeness (QED) is 0.443. The zero-order valence-electron chi connectivity index (χ0n) is 4.53. The predicted molar refractivity (Wildman–Crippen MR) is 31.2 cm³/mol. The summed E-state index contributed by atoms with van der Waals surface area (Å²) in [6.45, 7) is 2.26. The van der Waals surface area contributed by atoms with E-state index < -0.39 is 0 Å². The number of rotatable bonds is 3. The molecule has 6 heavy (non-hydrogen) atoms. The van der Waals surface area contributed by atoms with Crippen LogP contribution in [0.15, 0.2) is 0 Å². The van der Waals surface area contributed by atoms with Crippen molar-refractivity contribution in [3.63, 3.8) is 0 Å². The van der Waals surface area contributed by atoms with E-state index in [4.69, 9.17) is 0 Å². The van der Waals surface area contributed by atoms with E-state index in [9.17, 15) is 0 Å². The third-order valence-electron chi connectivity index (χ3n) is 0.702. The second-order valence-electron chi connectivity index (χ2n) is 1.35. The number of unbranched alkanes of at least 4 members (excludes halogenated alkanes) is 1. The van der Waals surface area contributed by atoms with Crippen molar-refractivity contribution in [1.29, 1.82) is 0 Å². The molecule has 0 aromatic heterocycles. The normalized spacial score (nSPS) is 9.17. The summed E-state index contributed by atoms with van der Waals surface area (Å²) in [5.74, 6) is 0. The van der Waals surface area contributed by atoms with Gasteiger partial charge in [0.2, 0.25) is 0 Å². The summed E-state index contributed by atoms with van der Waals surface area (Å²) in [6, 6.07) is 0. The SMILES string of the molecule is CCCC[Se][K]. The Morgan fingerprint density at radius 3 is 2.50 bits per heavy atom. The molecule has 0 N–H and O–H groups in total. The van der Waals surface area contributed by atoms with Crippen LogP contribution in [0.2, 0.25) is 5.32 Å². The van der Waals surface area contributed by atoms with Crippen LogP contribution in [0.4, 0.5) is 0 Å². The Kier molecular flexibility index (Phi) is 9.73. The van der Waals surface area contributed by atoms with Gasteiger partial charge in [0.25, 0.3) is 0 Å². The summed E-state index contributed by atoms with van der Waals surface area (Å²) in [5.41, 5.74) is 1.11. The zero-order chi connectivity index (χ0) is 4.83. The predicted octanol–water partition coefficient (Wildman–Crippen LogP) is 0.992. The van der Waals surface area contributed by atoms with Gasteiger partial charge in [-0.3, -0.25) is 0 Å². The van der Waals surface area contributed by atoms with E-state index in [1.54, 1.807) is 5.32 Å². The third-order valence-corrected chi connectivity index (χ3v) is 5.48. The van der Waals surface area contributed by atoms with Crippen LogP contribution in [0.3, 0.4) is 0 Å². The van der Waals surface area contributed by atoms with E-state index in [2.05, 4.69) is 6.92 Å². The van der Waals surface area contributed by atoms with Gasteiger partial charge in [0, 0.05) is 0 Å². The minimum absolute atomic E-state index is 1.11. The van der Waals surface area contributed by atoms with E-state index in [-0.39, 0.29) is 0 Å². The van der Waals surface area contributed by atoms with E-state index in [0.717, 1.165) is 5.60 Å². The van der Waals surface area contributed by atoms with E-state index in [1.807, 2.05) is 0 Å². The van der Waals surface area contributed by atoms with Gasteiger partial charge in [0.05, 0.1) is 0 Å². The molecule has 0 bridgehead atoms. The molecule has 0 rings (SSSR count). The molecule has 0 amide bonds. The van der Waals surface area contributed by atoms with Gasteiger partial charge < -0.3 is 0 Å². The van der Waals surface area contributed by atoms with Crippen molar-refractivity contribution in [3.05, 3.63) is 0 Å². The van der Waals surface area contributed by atoms with Gasteiger partial charge in [-0.15, -0.1) is 0 Å². The Morgan fingerprint density at radius 1 is 1.67 bits per heavy atom. The van der Waals surface area contributed by atoms with Gasteiger partial charge >= 0.3 is 76.1 Å². The number of hydrogen-bond donors (Lipinski definition) is 0.